The van der Waals surface area contributed by atoms with Crippen molar-refractivity contribution in [1.29, 1.82) is 0 Å². The monoisotopic (exact) mass is 279 g/mol. The zero-order valence-corrected chi connectivity index (χ0v) is 13.1. The molecule has 5 fully saturated rings. The molecule has 1 N–H and O–H groups in total. The maximum atomic E-state index is 4.15. The van der Waals surface area contributed by atoms with Gasteiger partial charge in [0.2, 0.25) is 0 Å². The van der Waals surface area contributed by atoms with Gasteiger partial charge < -0.3 is 5.32 Å². The van der Waals surface area contributed by atoms with Crippen molar-refractivity contribution in [1.82, 2.24) is 5.32 Å². The molecule has 5 saturated carbocycles. The van der Waals surface area contributed by atoms with Gasteiger partial charge in [-0.3, -0.25) is 0 Å². The maximum Gasteiger partial charge on any atom is 0.0127 e. The summed E-state index contributed by atoms with van der Waals surface area (Å²) in [6.45, 7) is 0. The van der Waals surface area contributed by atoms with E-state index in [-0.39, 0.29) is 0 Å². The molecule has 0 radical (unpaired) electrons. The van der Waals surface area contributed by atoms with Gasteiger partial charge in [0.05, 0.1) is 0 Å². The van der Waals surface area contributed by atoms with Crippen LogP contribution in [0.1, 0.15) is 57.8 Å². The smallest absolute Gasteiger partial charge is 0.0127 e. The van der Waals surface area contributed by atoms with Crippen LogP contribution >= 0.6 is 11.8 Å². The van der Waals surface area contributed by atoms with Gasteiger partial charge in [-0.25, -0.2) is 0 Å². The average molecular weight is 279 g/mol. The lowest BCUT2D eigenvalue weighted by Crippen LogP contribution is -2.57. The van der Waals surface area contributed by atoms with Crippen molar-refractivity contribution in [3.63, 3.8) is 0 Å². The van der Waals surface area contributed by atoms with Crippen LogP contribution in [0, 0.1) is 23.7 Å². The summed E-state index contributed by atoms with van der Waals surface area (Å²) in [5, 5.41) is 5.09. The summed E-state index contributed by atoms with van der Waals surface area (Å²) < 4.78 is 0. The molecule has 0 heterocycles. The second-order valence-electron chi connectivity index (χ2n) is 7.84. The molecule has 2 atom stereocenters. The summed E-state index contributed by atoms with van der Waals surface area (Å²) in [5.41, 5.74) is 0. The average Bonchev–Trinajstić information content (AvgIpc) is 2.42. The minimum absolute atomic E-state index is 0.841. The Morgan fingerprint density at radius 2 is 1.53 bits per heavy atom. The van der Waals surface area contributed by atoms with Crippen LogP contribution in [0.5, 0.6) is 0 Å². The fourth-order valence-corrected chi connectivity index (χ4v) is 6.81. The fraction of sp³-hybridized carbons (Fsp3) is 1.00. The van der Waals surface area contributed by atoms with E-state index < -0.39 is 0 Å². The van der Waals surface area contributed by atoms with E-state index in [1.54, 1.807) is 32.1 Å². The van der Waals surface area contributed by atoms with Crippen molar-refractivity contribution >= 4 is 11.8 Å². The Hall–Kier alpha value is 0.310. The predicted molar refractivity (Wildman–Crippen MR) is 83.5 cm³/mol. The molecule has 1 nitrogen and oxygen atoms in total. The quantitative estimate of drug-likeness (QED) is 0.835. The number of thioether (sulfide) groups is 1. The third kappa shape index (κ3) is 2.48. The molecule has 0 saturated heterocycles. The van der Waals surface area contributed by atoms with E-state index >= 15 is 0 Å². The second-order valence-corrected chi connectivity index (χ2v) is 8.98. The van der Waals surface area contributed by atoms with Crippen molar-refractivity contribution in [3.8, 4) is 0 Å². The lowest BCUT2D eigenvalue weighted by Gasteiger charge is -2.55. The van der Waals surface area contributed by atoms with Crippen molar-refractivity contribution in [3.05, 3.63) is 0 Å². The van der Waals surface area contributed by atoms with E-state index in [1.807, 2.05) is 0 Å². The molecule has 0 aromatic rings. The molecular formula is C17H29NS. The summed E-state index contributed by atoms with van der Waals surface area (Å²) in [5.74, 6) is 4.33. The van der Waals surface area contributed by atoms with E-state index in [9.17, 15) is 0 Å². The first-order chi connectivity index (χ1) is 9.31. The molecule has 4 bridgehead atoms. The zero-order chi connectivity index (χ0) is 12.8. The van der Waals surface area contributed by atoms with Crippen LogP contribution < -0.4 is 5.32 Å². The lowest BCUT2D eigenvalue weighted by atomic mass is 9.54. The molecule has 0 amide bonds. The Morgan fingerprint density at radius 3 is 2.16 bits per heavy atom. The molecule has 19 heavy (non-hydrogen) atoms. The Bertz CT molecular complexity index is 301. The van der Waals surface area contributed by atoms with Crippen LogP contribution in [-0.2, 0) is 0 Å². The van der Waals surface area contributed by atoms with Crippen LogP contribution in [0.3, 0.4) is 0 Å². The maximum absolute atomic E-state index is 4.15. The zero-order valence-electron chi connectivity index (χ0n) is 12.3. The van der Waals surface area contributed by atoms with E-state index in [0.29, 0.717) is 0 Å². The third-order valence-corrected chi connectivity index (χ3v) is 7.71. The summed E-state index contributed by atoms with van der Waals surface area (Å²) in [4.78, 5) is 0. The largest absolute Gasteiger partial charge is 0.311 e. The first kappa shape index (κ1) is 13.0. The van der Waals surface area contributed by atoms with Crippen molar-refractivity contribution < 1.29 is 0 Å². The Balaban J connectivity index is 1.40. The van der Waals surface area contributed by atoms with Gasteiger partial charge >= 0.3 is 0 Å². The molecule has 2 heteroatoms. The van der Waals surface area contributed by atoms with Gasteiger partial charge in [-0.1, -0.05) is 6.42 Å². The van der Waals surface area contributed by atoms with Gasteiger partial charge in [0.1, 0.15) is 0 Å². The highest BCUT2D eigenvalue weighted by atomic mass is 32.2. The number of rotatable bonds is 3. The van der Waals surface area contributed by atoms with Crippen molar-refractivity contribution in [2.24, 2.45) is 23.7 Å². The highest BCUT2D eigenvalue weighted by Gasteiger charge is 2.48. The van der Waals surface area contributed by atoms with Gasteiger partial charge in [0.25, 0.3) is 0 Å². The van der Waals surface area contributed by atoms with Gasteiger partial charge in [-0.2, -0.15) is 11.8 Å². The Morgan fingerprint density at radius 1 is 0.842 bits per heavy atom. The number of hydrogen-bond donors (Lipinski definition) is 1. The molecule has 5 rings (SSSR count). The Labute approximate surface area is 122 Å². The van der Waals surface area contributed by atoms with Gasteiger partial charge in [-0.05, 0) is 81.3 Å². The van der Waals surface area contributed by atoms with E-state index in [0.717, 1.165) is 41.0 Å². The third-order valence-electron chi connectivity index (χ3n) is 6.61. The molecular weight excluding hydrogens is 250 g/mol. The molecule has 0 aliphatic heterocycles. The highest BCUT2D eigenvalue weighted by molar-refractivity contribution is 7.99. The summed E-state index contributed by atoms with van der Waals surface area (Å²) in [7, 11) is 0. The van der Waals surface area contributed by atoms with Crippen LogP contribution in [0.2, 0.25) is 0 Å². The number of nitrogens with one attached hydrogen (secondary N) is 1. The first-order valence-electron chi connectivity index (χ1n) is 8.60. The number of hydrogen-bond acceptors (Lipinski definition) is 2. The van der Waals surface area contributed by atoms with E-state index in [2.05, 4.69) is 23.3 Å². The van der Waals surface area contributed by atoms with Crippen molar-refractivity contribution in [2.45, 2.75) is 75.1 Å². The highest BCUT2D eigenvalue weighted by Crippen LogP contribution is 2.54. The SMILES string of the molecule is CSC1CCCC(NC2C3CC4CC(C3)CC2C4)C1. The van der Waals surface area contributed by atoms with Crippen LogP contribution in [0.4, 0.5) is 0 Å². The summed E-state index contributed by atoms with van der Waals surface area (Å²) in [6, 6.07) is 1.74. The van der Waals surface area contributed by atoms with Crippen molar-refractivity contribution in [2.75, 3.05) is 6.26 Å². The van der Waals surface area contributed by atoms with Crippen LogP contribution in [0.25, 0.3) is 0 Å². The molecule has 0 aromatic heterocycles. The fourth-order valence-electron chi connectivity index (χ4n) is 5.98. The van der Waals surface area contributed by atoms with Crippen LogP contribution in [0.15, 0.2) is 0 Å². The van der Waals surface area contributed by atoms with Gasteiger partial charge in [-0.15, -0.1) is 0 Å². The summed E-state index contributed by atoms with van der Waals surface area (Å²) in [6.07, 6.45) is 15.9. The topological polar surface area (TPSA) is 12.0 Å². The standard InChI is InChI=1S/C17H29NS/c1-19-16-4-2-3-15(10-16)18-17-13-6-11-5-12(8-13)9-14(17)7-11/h11-18H,2-10H2,1H3. The lowest BCUT2D eigenvalue weighted by molar-refractivity contribution is -0.0190. The molecule has 0 spiro atoms. The summed E-state index contributed by atoms with van der Waals surface area (Å²) >= 11 is 2.10. The molecule has 108 valence electrons. The first-order valence-corrected chi connectivity index (χ1v) is 9.89. The molecule has 5 aliphatic rings. The molecule has 2 unspecified atom stereocenters. The molecule has 5 aliphatic carbocycles. The van der Waals surface area contributed by atoms with Gasteiger partial charge in [0, 0.05) is 17.3 Å². The minimum atomic E-state index is 0.841. The van der Waals surface area contributed by atoms with Gasteiger partial charge in [0.15, 0.2) is 0 Å². The predicted octanol–water partition coefficient (Wildman–Crippen LogP) is 4.07. The van der Waals surface area contributed by atoms with E-state index in [4.69, 9.17) is 0 Å². The normalized spacial score (nSPS) is 52.6. The van der Waals surface area contributed by atoms with Crippen LogP contribution in [-0.4, -0.2) is 23.6 Å². The minimum Gasteiger partial charge on any atom is -0.311 e. The molecule has 0 aromatic carbocycles. The Kier molecular flexibility index (Phi) is 3.60. The van der Waals surface area contributed by atoms with E-state index in [1.165, 1.54) is 25.7 Å². The second kappa shape index (κ2) is 5.26.